The summed E-state index contributed by atoms with van der Waals surface area (Å²) >= 11 is 1.75. The van der Waals surface area contributed by atoms with Gasteiger partial charge in [-0.05, 0) is 37.1 Å². The van der Waals surface area contributed by atoms with Gasteiger partial charge in [-0.2, -0.15) is 5.26 Å². The fourth-order valence-corrected chi connectivity index (χ4v) is 3.56. The quantitative estimate of drug-likeness (QED) is 0.771. The molecule has 2 atom stereocenters. The van der Waals surface area contributed by atoms with E-state index in [-0.39, 0.29) is 0 Å². The second kappa shape index (κ2) is 5.67. The molecule has 1 aromatic carbocycles. The summed E-state index contributed by atoms with van der Waals surface area (Å²) in [4.78, 5) is 3.51. The largest absolute Gasteiger partial charge is 0.367 e. The van der Waals surface area contributed by atoms with Crippen molar-refractivity contribution >= 4 is 17.4 Å². The van der Waals surface area contributed by atoms with Crippen LogP contribution < -0.4 is 4.90 Å². The fourth-order valence-electron chi connectivity index (χ4n) is 2.78. The number of hydrogen-bond donors (Lipinski definition) is 0. The van der Waals surface area contributed by atoms with Crippen LogP contribution in [0.15, 0.2) is 23.1 Å². The van der Waals surface area contributed by atoms with Crippen molar-refractivity contribution in [2.45, 2.75) is 38.1 Å². The summed E-state index contributed by atoms with van der Waals surface area (Å²) < 4.78 is 0. The van der Waals surface area contributed by atoms with E-state index in [9.17, 15) is 5.26 Å². The standard InChI is InChI=1S/C15H20N2S/c1-4-18-15-7-5-6-14(13(15)9-16)17-10-11(2)8-12(17)3/h5-7,11-12H,4,8,10H2,1-3H3. The Bertz CT molecular complexity index is 464. The highest BCUT2D eigenvalue weighted by atomic mass is 32.2. The summed E-state index contributed by atoms with van der Waals surface area (Å²) in [6.45, 7) is 7.73. The summed E-state index contributed by atoms with van der Waals surface area (Å²) in [6.07, 6.45) is 1.22. The van der Waals surface area contributed by atoms with Gasteiger partial charge in [0.25, 0.3) is 0 Å². The number of nitriles is 1. The minimum absolute atomic E-state index is 0.536. The molecule has 0 bridgehead atoms. The van der Waals surface area contributed by atoms with Gasteiger partial charge >= 0.3 is 0 Å². The predicted molar refractivity (Wildman–Crippen MR) is 78.1 cm³/mol. The first-order chi connectivity index (χ1) is 8.67. The zero-order valence-corrected chi connectivity index (χ0v) is 12.1. The van der Waals surface area contributed by atoms with Crippen molar-refractivity contribution in [2.24, 2.45) is 5.92 Å². The van der Waals surface area contributed by atoms with Crippen molar-refractivity contribution in [3.05, 3.63) is 23.8 Å². The van der Waals surface area contributed by atoms with Crippen LogP contribution in [0, 0.1) is 17.2 Å². The van der Waals surface area contributed by atoms with Crippen LogP contribution in [0.2, 0.25) is 0 Å². The van der Waals surface area contributed by atoms with Crippen molar-refractivity contribution in [1.82, 2.24) is 0 Å². The van der Waals surface area contributed by atoms with E-state index < -0.39 is 0 Å². The molecule has 1 aliphatic rings. The van der Waals surface area contributed by atoms with Gasteiger partial charge < -0.3 is 4.90 Å². The molecule has 2 rings (SSSR count). The zero-order chi connectivity index (χ0) is 13.1. The van der Waals surface area contributed by atoms with Gasteiger partial charge in [0.1, 0.15) is 6.07 Å². The van der Waals surface area contributed by atoms with Gasteiger partial charge in [0.2, 0.25) is 0 Å². The molecule has 0 aromatic heterocycles. The van der Waals surface area contributed by atoms with Crippen molar-refractivity contribution in [3.63, 3.8) is 0 Å². The van der Waals surface area contributed by atoms with Crippen LogP contribution in [-0.2, 0) is 0 Å². The van der Waals surface area contributed by atoms with Crippen LogP contribution in [-0.4, -0.2) is 18.3 Å². The lowest BCUT2D eigenvalue weighted by molar-refractivity contribution is 0.625. The van der Waals surface area contributed by atoms with E-state index in [1.807, 2.05) is 0 Å². The second-order valence-electron chi connectivity index (χ2n) is 5.04. The molecule has 18 heavy (non-hydrogen) atoms. The molecule has 0 radical (unpaired) electrons. The molecule has 2 unspecified atom stereocenters. The molecular weight excluding hydrogens is 240 g/mol. The van der Waals surface area contributed by atoms with E-state index in [0.717, 1.165) is 28.4 Å². The monoisotopic (exact) mass is 260 g/mol. The lowest BCUT2D eigenvalue weighted by Gasteiger charge is -2.25. The average molecular weight is 260 g/mol. The Morgan fingerprint density at radius 2 is 2.22 bits per heavy atom. The minimum Gasteiger partial charge on any atom is -0.367 e. The lowest BCUT2D eigenvalue weighted by Crippen LogP contribution is -2.27. The third-order valence-corrected chi connectivity index (χ3v) is 4.45. The highest BCUT2D eigenvalue weighted by Crippen LogP contribution is 2.35. The maximum Gasteiger partial charge on any atom is 0.103 e. The molecule has 1 heterocycles. The van der Waals surface area contributed by atoms with Gasteiger partial charge in [0.15, 0.2) is 0 Å². The van der Waals surface area contributed by atoms with Gasteiger partial charge in [-0.3, -0.25) is 0 Å². The Hall–Kier alpha value is -1.14. The molecule has 3 heteroatoms. The maximum atomic E-state index is 9.45. The maximum absolute atomic E-state index is 9.45. The van der Waals surface area contributed by atoms with Crippen LogP contribution in [0.3, 0.4) is 0 Å². The van der Waals surface area contributed by atoms with Gasteiger partial charge in [-0.1, -0.05) is 19.9 Å². The molecule has 96 valence electrons. The molecule has 0 amide bonds. The van der Waals surface area contributed by atoms with Crippen molar-refractivity contribution < 1.29 is 0 Å². The first-order valence-corrected chi connectivity index (χ1v) is 7.58. The molecule has 1 aromatic rings. The van der Waals surface area contributed by atoms with Crippen LogP contribution in [0.1, 0.15) is 32.8 Å². The molecule has 0 N–H and O–H groups in total. The van der Waals surface area contributed by atoms with E-state index in [1.54, 1.807) is 11.8 Å². The average Bonchev–Trinajstić information content (AvgIpc) is 2.68. The van der Waals surface area contributed by atoms with Crippen molar-refractivity contribution in [2.75, 3.05) is 17.2 Å². The predicted octanol–water partition coefficient (Wildman–Crippen LogP) is 3.90. The fraction of sp³-hybridized carbons (Fsp3) is 0.533. The first kappa shape index (κ1) is 13.3. The van der Waals surface area contributed by atoms with Gasteiger partial charge in [-0.15, -0.1) is 11.8 Å². The van der Waals surface area contributed by atoms with Crippen LogP contribution in [0.25, 0.3) is 0 Å². The summed E-state index contributed by atoms with van der Waals surface area (Å²) in [5.41, 5.74) is 1.97. The topological polar surface area (TPSA) is 27.0 Å². The molecule has 0 spiro atoms. The number of rotatable bonds is 3. The van der Waals surface area contributed by atoms with Gasteiger partial charge in [0, 0.05) is 17.5 Å². The Kier molecular flexibility index (Phi) is 4.19. The minimum atomic E-state index is 0.536. The van der Waals surface area contributed by atoms with Crippen LogP contribution in [0.4, 0.5) is 5.69 Å². The van der Waals surface area contributed by atoms with E-state index in [0.29, 0.717) is 12.0 Å². The van der Waals surface area contributed by atoms with E-state index >= 15 is 0 Å². The summed E-state index contributed by atoms with van der Waals surface area (Å²) in [6, 6.07) is 9.15. The SMILES string of the molecule is CCSc1cccc(N2CC(C)CC2C)c1C#N. The molecular formula is C15H20N2S. The first-order valence-electron chi connectivity index (χ1n) is 6.60. The zero-order valence-electron chi connectivity index (χ0n) is 11.3. The highest BCUT2D eigenvalue weighted by Gasteiger charge is 2.28. The van der Waals surface area contributed by atoms with E-state index in [1.165, 1.54) is 6.42 Å². The number of benzene rings is 1. The normalized spacial score (nSPS) is 23.1. The summed E-state index contributed by atoms with van der Waals surface area (Å²) in [5, 5.41) is 9.45. The Labute approximate surface area is 114 Å². The Morgan fingerprint density at radius 3 is 2.78 bits per heavy atom. The molecule has 2 nitrogen and oxygen atoms in total. The second-order valence-corrected chi connectivity index (χ2v) is 6.34. The van der Waals surface area contributed by atoms with E-state index in [2.05, 4.69) is 49.9 Å². The number of anilines is 1. The lowest BCUT2D eigenvalue weighted by atomic mass is 10.1. The Morgan fingerprint density at radius 1 is 1.44 bits per heavy atom. The van der Waals surface area contributed by atoms with Crippen molar-refractivity contribution in [1.29, 1.82) is 5.26 Å². The van der Waals surface area contributed by atoms with E-state index in [4.69, 9.17) is 0 Å². The number of thioether (sulfide) groups is 1. The third kappa shape index (κ3) is 2.49. The number of hydrogen-bond acceptors (Lipinski definition) is 3. The van der Waals surface area contributed by atoms with Crippen molar-refractivity contribution in [3.8, 4) is 6.07 Å². The Balaban J connectivity index is 2.39. The molecule has 1 fully saturated rings. The smallest absolute Gasteiger partial charge is 0.103 e. The third-order valence-electron chi connectivity index (χ3n) is 3.51. The molecule has 1 aliphatic heterocycles. The van der Waals surface area contributed by atoms with Gasteiger partial charge in [0.05, 0.1) is 11.3 Å². The molecule has 0 saturated carbocycles. The molecule has 1 saturated heterocycles. The van der Waals surface area contributed by atoms with Crippen LogP contribution >= 0.6 is 11.8 Å². The van der Waals surface area contributed by atoms with Gasteiger partial charge in [-0.25, -0.2) is 0 Å². The number of nitrogens with zero attached hydrogens (tertiary/aromatic N) is 2. The summed E-state index contributed by atoms with van der Waals surface area (Å²) in [7, 11) is 0. The highest BCUT2D eigenvalue weighted by molar-refractivity contribution is 7.99. The summed E-state index contributed by atoms with van der Waals surface area (Å²) in [5.74, 6) is 1.72. The molecule has 0 aliphatic carbocycles. The van der Waals surface area contributed by atoms with Crippen LogP contribution in [0.5, 0.6) is 0 Å².